The van der Waals surface area contributed by atoms with E-state index in [2.05, 4.69) is 0 Å². The number of rotatable bonds is 2. The van der Waals surface area contributed by atoms with Gasteiger partial charge in [0.15, 0.2) is 0 Å². The Labute approximate surface area is 84.3 Å². The molecule has 0 unspecified atom stereocenters. The lowest BCUT2D eigenvalue weighted by Crippen LogP contribution is -2.26. The van der Waals surface area contributed by atoms with Crippen LogP contribution in [0.2, 0.25) is 0 Å². The largest absolute Gasteiger partial charge is 0.499 e. The van der Waals surface area contributed by atoms with Gasteiger partial charge in [0.05, 0.1) is 0 Å². The predicted octanol–water partition coefficient (Wildman–Crippen LogP) is 1.16. The Kier molecular flexibility index (Phi) is 2.50. The molecular formula is C8H7BO2S2. The van der Waals surface area contributed by atoms with Crippen LogP contribution in [0.4, 0.5) is 0 Å². The molecule has 0 saturated carbocycles. The first-order valence-electron chi connectivity index (χ1n) is 3.74. The summed E-state index contributed by atoms with van der Waals surface area (Å²) in [5.74, 6) is 0. The van der Waals surface area contributed by atoms with E-state index in [4.69, 9.17) is 10.0 Å². The van der Waals surface area contributed by atoms with Crippen molar-refractivity contribution in [3.63, 3.8) is 0 Å². The molecule has 0 aliphatic carbocycles. The molecule has 0 aliphatic rings. The fourth-order valence-corrected chi connectivity index (χ4v) is 2.52. The minimum Gasteiger partial charge on any atom is -0.423 e. The molecule has 0 saturated heterocycles. The number of hydrogen-bond donors (Lipinski definition) is 2. The van der Waals surface area contributed by atoms with E-state index in [-0.39, 0.29) is 0 Å². The highest BCUT2D eigenvalue weighted by Gasteiger charge is 2.13. The molecule has 0 atom stereocenters. The Hall–Kier alpha value is -0.615. The summed E-state index contributed by atoms with van der Waals surface area (Å²) in [6, 6.07) is 3.82. The molecule has 0 bridgehead atoms. The third-order valence-electron chi connectivity index (χ3n) is 1.73. The summed E-state index contributed by atoms with van der Waals surface area (Å²) in [6.45, 7) is 0. The molecule has 0 fully saturated rings. The maximum atomic E-state index is 8.90. The molecule has 66 valence electrons. The average Bonchev–Trinajstić information content (AvgIpc) is 2.75. The van der Waals surface area contributed by atoms with Crippen molar-refractivity contribution < 1.29 is 10.0 Å². The van der Waals surface area contributed by atoms with E-state index in [9.17, 15) is 0 Å². The highest BCUT2D eigenvalue weighted by molar-refractivity contribution is 7.20. The maximum absolute atomic E-state index is 8.90. The van der Waals surface area contributed by atoms with Crippen molar-refractivity contribution in [1.82, 2.24) is 0 Å². The average molecular weight is 210 g/mol. The van der Waals surface area contributed by atoms with Gasteiger partial charge in [-0.3, -0.25) is 0 Å². The van der Waals surface area contributed by atoms with Gasteiger partial charge in [-0.2, -0.15) is 22.7 Å². The van der Waals surface area contributed by atoms with Crippen molar-refractivity contribution >= 4 is 34.6 Å². The Morgan fingerprint density at radius 1 is 1.15 bits per heavy atom. The minimum absolute atomic E-state index is 0.584. The molecule has 2 rings (SSSR count). The van der Waals surface area contributed by atoms with E-state index >= 15 is 0 Å². The second-order valence-corrected chi connectivity index (χ2v) is 4.35. The van der Waals surface area contributed by atoms with E-state index in [0.29, 0.717) is 4.78 Å². The van der Waals surface area contributed by atoms with Crippen molar-refractivity contribution in [2.24, 2.45) is 0 Å². The van der Waals surface area contributed by atoms with Crippen LogP contribution in [0.3, 0.4) is 0 Å². The normalized spacial score (nSPS) is 10.3. The molecule has 2 aromatic heterocycles. The van der Waals surface area contributed by atoms with E-state index in [1.54, 1.807) is 17.4 Å². The summed E-state index contributed by atoms with van der Waals surface area (Å²) < 4.78 is 0.584. The summed E-state index contributed by atoms with van der Waals surface area (Å²) >= 11 is 2.99. The minimum atomic E-state index is -1.35. The van der Waals surface area contributed by atoms with Crippen LogP contribution in [-0.2, 0) is 0 Å². The van der Waals surface area contributed by atoms with Gasteiger partial charge >= 0.3 is 7.12 Å². The van der Waals surface area contributed by atoms with Gasteiger partial charge in [-0.05, 0) is 39.4 Å². The Morgan fingerprint density at radius 3 is 2.54 bits per heavy atom. The van der Waals surface area contributed by atoms with Gasteiger partial charge in [-0.1, -0.05) is 0 Å². The topological polar surface area (TPSA) is 40.5 Å². The second kappa shape index (κ2) is 3.63. The molecule has 5 heteroatoms. The zero-order chi connectivity index (χ0) is 9.26. The fraction of sp³-hybridized carbons (Fsp3) is 0. The molecule has 2 N–H and O–H groups in total. The quantitative estimate of drug-likeness (QED) is 0.730. The molecule has 0 radical (unpaired) electrons. The molecule has 0 aromatic carbocycles. The van der Waals surface area contributed by atoms with Crippen LogP contribution in [0.15, 0.2) is 28.3 Å². The summed E-state index contributed by atoms with van der Waals surface area (Å²) in [5, 5.41) is 23.8. The van der Waals surface area contributed by atoms with Crippen LogP contribution in [0.25, 0.3) is 11.1 Å². The Balaban J connectivity index is 2.33. The van der Waals surface area contributed by atoms with Crippen LogP contribution in [0, 0.1) is 0 Å². The highest BCUT2D eigenvalue weighted by atomic mass is 32.1. The molecule has 0 amide bonds. The van der Waals surface area contributed by atoms with Gasteiger partial charge in [0.2, 0.25) is 0 Å². The zero-order valence-electron chi connectivity index (χ0n) is 6.68. The predicted molar refractivity (Wildman–Crippen MR) is 57.5 cm³/mol. The van der Waals surface area contributed by atoms with Crippen molar-refractivity contribution in [2.75, 3.05) is 0 Å². The summed E-state index contributed by atoms with van der Waals surface area (Å²) in [6.07, 6.45) is 0. The van der Waals surface area contributed by atoms with Gasteiger partial charge in [-0.25, -0.2) is 0 Å². The van der Waals surface area contributed by atoms with E-state index in [1.807, 2.05) is 22.2 Å². The second-order valence-electron chi connectivity index (χ2n) is 2.62. The standard InChI is InChI=1S/C8H7BO2S2/c10-9(11)8-3-7(5-13-8)6-1-2-12-4-6/h1-5,10-11H. The lowest BCUT2D eigenvalue weighted by molar-refractivity contribution is 0.427. The van der Waals surface area contributed by atoms with Crippen molar-refractivity contribution in [1.29, 1.82) is 0 Å². The van der Waals surface area contributed by atoms with Crippen molar-refractivity contribution in [3.05, 3.63) is 28.3 Å². The fourth-order valence-electron chi connectivity index (χ4n) is 1.07. The highest BCUT2D eigenvalue weighted by Crippen LogP contribution is 2.23. The number of hydrogen-bond acceptors (Lipinski definition) is 4. The first kappa shape index (κ1) is 8.96. The van der Waals surface area contributed by atoms with Crippen LogP contribution in [0.1, 0.15) is 0 Å². The van der Waals surface area contributed by atoms with Crippen molar-refractivity contribution in [3.8, 4) is 11.1 Å². The van der Waals surface area contributed by atoms with E-state index in [0.717, 1.165) is 11.1 Å². The van der Waals surface area contributed by atoms with Gasteiger partial charge < -0.3 is 10.0 Å². The molecule has 0 aliphatic heterocycles. The smallest absolute Gasteiger partial charge is 0.423 e. The third kappa shape index (κ3) is 1.83. The SMILES string of the molecule is OB(O)c1cc(-c2ccsc2)cs1. The lowest BCUT2D eigenvalue weighted by atomic mass is 9.89. The van der Waals surface area contributed by atoms with Crippen LogP contribution < -0.4 is 4.78 Å². The first-order valence-corrected chi connectivity index (χ1v) is 5.57. The maximum Gasteiger partial charge on any atom is 0.499 e. The van der Waals surface area contributed by atoms with E-state index < -0.39 is 7.12 Å². The number of thiophene rings is 2. The molecule has 2 aromatic rings. The zero-order valence-corrected chi connectivity index (χ0v) is 8.31. The van der Waals surface area contributed by atoms with Gasteiger partial charge in [0.25, 0.3) is 0 Å². The summed E-state index contributed by atoms with van der Waals surface area (Å²) in [5.41, 5.74) is 2.18. The lowest BCUT2D eigenvalue weighted by Gasteiger charge is -1.90. The van der Waals surface area contributed by atoms with E-state index in [1.165, 1.54) is 11.3 Å². The van der Waals surface area contributed by atoms with Gasteiger partial charge in [0, 0.05) is 4.78 Å². The molecule has 13 heavy (non-hydrogen) atoms. The van der Waals surface area contributed by atoms with Crippen LogP contribution >= 0.6 is 22.7 Å². The Morgan fingerprint density at radius 2 is 2.00 bits per heavy atom. The molecule has 2 heterocycles. The molecule has 2 nitrogen and oxygen atoms in total. The van der Waals surface area contributed by atoms with Gasteiger partial charge in [0.1, 0.15) is 0 Å². The van der Waals surface area contributed by atoms with Gasteiger partial charge in [-0.15, -0.1) is 0 Å². The third-order valence-corrected chi connectivity index (χ3v) is 3.38. The van der Waals surface area contributed by atoms with Crippen LogP contribution in [0.5, 0.6) is 0 Å². The molecular weight excluding hydrogens is 203 g/mol. The molecule has 0 spiro atoms. The monoisotopic (exact) mass is 210 g/mol. The van der Waals surface area contributed by atoms with Crippen LogP contribution in [-0.4, -0.2) is 17.2 Å². The summed E-state index contributed by atoms with van der Waals surface area (Å²) in [4.78, 5) is 0. The first-order chi connectivity index (χ1) is 6.27. The Bertz CT molecular complexity index is 381. The van der Waals surface area contributed by atoms with Crippen molar-refractivity contribution in [2.45, 2.75) is 0 Å². The summed E-state index contributed by atoms with van der Waals surface area (Å²) in [7, 11) is -1.35.